The third-order valence-electron chi connectivity index (χ3n) is 2.21. The molecule has 0 saturated carbocycles. The molecule has 0 heterocycles. The minimum Gasteiger partial charge on any atom is -0.338 e. The quantitative estimate of drug-likeness (QED) is 0.747. The van der Waals surface area contributed by atoms with E-state index in [-0.39, 0.29) is 11.5 Å². The molecule has 17 heavy (non-hydrogen) atoms. The molecule has 2 nitrogen and oxygen atoms in total. The molecule has 92 valence electrons. The molecule has 0 aromatic heterocycles. The number of hydrogen-bond acceptors (Lipinski definition) is 1. The standard InChI is InChI=1S/C12H12F3NO/c1-3-8-16(2)11(17)9-4-6-10(7-5-9)12(13,14)15/h3-7H,1,8H2,2H3. The Morgan fingerprint density at radius 2 is 1.88 bits per heavy atom. The van der Waals surface area contributed by atoms with Gasteiger partial charge in [0.15, 0.2) is 0 Å². The minimum atomic E-state index is -4.38. The number of nitrogens with zero attached hydrogens (tertiary/aromatic N) is 1. The predicted molar refractivity (Wildman–Crippen MR) is 58.6 cm³/mol. The molecule has 0 saturated heterocycles. The number of hydrogen-bond donors (Lipinski definition) is 0. The van der Waals surface area contributed by atoms with E-state index in [2.05, 4.69) is 6.58 Å². The van der Waals surface area contributed by atoms with Gasteiger partial charge in [0.05, 0.1) is 5.56 Å². The van der Waals surface area contributed by atoms with Crippen LogP contribution in [-0.4, -0.2) is 24.4 Å². The van der Waals surface area contributed by atoms with Gasteiger partial charge in [-0.25, -0.2) is 0 Å². The minimum absolute atomic E-state index is 0.224. The molecule has 1 rings (SSSR count). The third-order valence-corrected chi connectivity index (χ3v) is 2.21. The highest BCUT2D eigenvalue weighted by molar-refractivity contribution is 5.94. The van der Waals surface area contributed by atoms with Gasteiger partial charge in [-0.2, -0.15) is 13.2 Å². The molecular weight excluding hydrogens is 231 g/mol. The summed E-state index contributed by atoms with van der Waals surface area (Å²) in [5.74, 6) is -0.335. The Hall–Kier alpha value is -1.78. The van der Waals surface area contributed by atoms with Crippen LogP contribution in [0.15, 0.2) is 36.9 Å². The Bertz CT molecular complexity index is 409. The highest BCUT2D eigenvalue weighted by Gasteiger charge is 2.30. The van der Waals surface area contributed by atoms with Crippen molar-refractivity contribution in [1.29, 1.82) is 0 Å². The van der Waals surface area contributed by atoms with Crippen LogP contribution in [0.4, 0.5) is 13.2 Å². The molecule has 0 aliphatic carbocycles. The molecule has 0 N–H and O–H groups in total. The van der Waals surface area contributed by atoms with Crippen LogP contribution < -0.4 is 0 Å². The number of rotatable bonds is 3. The van der Waals surface area contributed by atoms with E-state index in [0.29, 0.717) is 6.54 Å². The summed E-state index contributed by atoms with van der Waals surface area (Å²) < 4.78 is 36.9. The first-order valence-electron chi connectivity index (χ1n) is 4.90. The smallest absolute Gasteiger partial charge is 0.338 e. The van der Waals surface area contributed by atoms with Gasteiger partial charge >= 0.3 is 6.18 Å². The van der Waals surface area contributed by atoms with Gasteiger partial charge in [0.2, 0.25) is 0 Å². The lowest BCUT2D eigenvalue weighted by atomic mass is 10.1. The van der Waals surface area contributed by atoms with Crippen LogP contribution in [0.2, 0.25) is 0 Å². The first-order valence-corrected chi connectivity index (χ1v) is 4.90. The van der Waals surface area contributed by atoms with Crippen molar-refractivity contribution in [3.8, 4) is 0 Å². The maximum Gasteiger partial charge on any atom is 0.416 e. The summed E-state index contributed by atoms with van der Waals surface area (Å²) in [4.78, 5) is 13.1. The number of halogens is 3. The average molecular weight is 243 g/mol. The lowest BCUT2D eigenvalue weighted by molar-refractivity contribution is -0.137. The summed E-state index contributed by atoms with van der Waals surface area (Å²) >= 11 is 0. The van der Waals surface area contributed by atoms with Crippen molar-refractivity contribution in [3.05, 3.63) is 48.0 Å². The van der Waals surface area contributed by atoms with E-state index >= 15 is 0 Å². The van der Waals surface area contributed by atoms with Gasteiger partial charge in [0.25, 0.3) is 5.91 Å². The SMILES string of the molecule is C=CCN(C)C(=O)c1ccc(C(F)(F)F)cc1. The number of benzene rings is 1. The number of alkyl halides is 3. The molecule has 1 aromatic carbocycles. The molecule has 1 amide bonds. The van der Waals surface area contributed by atoms with Crippen molar-refractivity contribution in [1.82, 2.24) is 4.90 Å². The van der Waals surface area contributed by atoms with Gasteiger partial charge in [-0.3, -0.25) is 4.79 Å². The largest absolute Gasteiger partial charge is 0.416 e. The van der Waals surface area contributed by atoms with E-state index < -0.39 is 11.7 Å². The van der Waals surface area contributed by atoms with Crippen LogP contribution >= 0.6 is 0 Å². The molecule has 0 atom stereocenters. The summed E-state index contributed by atoms with van der Waals surface area (Å²) in [5.41, 5.74) is -0.539. The number of carbonyl (C=O) groups excluding carboxylic acids is 1. The first-order chi connectivity index (χ1) is 7.86. The van der Waals surface area contributed by atoms with Crippen molar-refractivity contribution in [2.24, 2.45) is 0 Å². The molecule has 0 unspecified atom stereocenters. The second kappa shape index (κ2) is 5.03. The molecule has 0 aliphatic heterocycles. The Kier molecular flexibility index (Phi) is 3.93. The second-order valence-electron chi connectivity index (χ2n) is 3.55. The van der Waals surface area contributed by atoms with E-state index in [0.717, 1.165) is 12.1 Å². The van der Waals surface area contributed by atoms with Gasteiger partial charge in [0, 0.05) is 19.2 Å². The monoisotopic (exact) mass is 243 g/mol. The maximum atomic E-state index is 12.3. The lowest BCUT2D eigenvalue weighted by Crippen LogP contribution is -2.26. The molecule has 0 spiro atoms. The van der Waals surface area contributed by atoms with Crippen LogP contribution in [0, 0.1) is 0 Å². The van der Waals surface area contributed by atoms with Gasteiger partial charge in [-0.1, -0.05) is 6.08 Å². The van der Waals surface area contributed by atoms with Crippen LogP contribution in [0.1, 0.15) is 15.9 Å². The molecule has 1 aromatic rings. The zero-order valence-electron chi connectivity index (χ0n) is 9.29. The number of amides is 1. The van der Waals surface area contributed by atoms with Crippen LogP contribution in [0.3, 0.4) is 0 Å². The summed E-state index contributed by atoms with van der Waals surface area (Å²) in [6, 6.07) is 4.14. The van der Waals surface area contributed by atoms with Crippen molar-refractivity contribution >= 4 is 5.91 Å². The fourth-order valence-corrected chi connectivity index (χ4v) is 1.30. The molecule has 0 aliphatic rings. The molecule has 0 bridgehead atoms. The van der Waals surface area contributed by atoms with Crippen LogP contribution in [0.25, 0.3) is 0 Å². The summed E-state index contributed by atoms with van der Waals surface area (Å²) in [6.45, 7) is 3.83. The second-order valence-corrected chi connectivity index (χ2v) is 3.55. The van der Waals surface area contributed by atoms with E-state index in [9.17, 15) is 18.0 Å². The van der Waals surface area contributed by atoms with Gasteiger partial charge in [-0.05, 0) is 24.3 Å². The zero-order chi connectivity index (χ0) is 13.1. The highest BCUT2D eigenvalue weighted by atomic mass is 19.4. The molecule has 0 radical (unpaired) electrons. The number of likely N-dealkylation sites (N-methyl/N-ethyl adjacent to an activating group) is 1. The highest BCUT2D eigenvalue weighted by Crippen LogP contribution is 2.29. The van der Waals surface area contributed by atoms with Gasteiger partial charge in [0.1, 0.15) is 0 Å². The maximum absolute atomic E-state index is 12.3. The van der Waals surface area contributed by atoms with Gasteiger partial charge < -0.3 is 4.90 Å². The van der Waals surface area contributed by atoms with E-state index in [4.69, 9.17) is 0 Å². The van der Waals surface area contributed by atoms with Crippen LogP contribution in [-0.2, 0) is 6.18 Å². The fourth-order valence-electron chi connectivity index (χ4n) is 1.30. The molecule has 0 fully saturated rings. The van der Waals surface area contributed by atoms with Crippen LogP contribution in [0.5, 0.6) is 0 Å². The summed E-state index contributed by atoms with van der Waals surface area (Å²) in [5, 5.41) is 0. The Morgan fingerprint density at radius 3 is 2.29 bits per heavy atom. The lowest BCUT2D eigenvalue weighted by Gasteiger charge is -2.15. The fraction of sp³-hybridized carbons (Fsp3) is 0.250. The van der Waals surface area contributed by atoms with Crippen molar-refractivity contribution < 1.29 is 18.0 Å². The van der Waals surface area contributed by atoms with Crippen molar-refractivity contribution in [2.45, 2.75) is 6.18 Å². The Balaban J connectivity index is 2.88. The number of carbonyl (C=O) groups is 1. The third kappa shape index (κ3) is 3.34. The Labute approximate surface area is 97.3 Å². The van der Waals surface area contributed by atoms with E-state index in [1.807, 2.05) is 0 Å². The van der Waals surface area contributed by atoms with Gasteiger partial charge in [-0.15, -0.1) is 6.58 Å². The summed E-state index contributed by atoms with van der Waals surface area (Å²) in [7, 11) is 1.56. The normalized spacial score (nSPS) is 11.1. The molecular formula is C12H12F3NO. The molecule has 5 heteroatoms. The topological polar surface area (TPSA) is 20.3 Å². The van der Waals surface area contributed by atoms with Crippen molar-refractivity contribution in [2.75, 3.05) is 13.6 Å². The van der Waals surface area contributed by atoms with Crippen molar-refractivity contribution in [3.63, 3.8) is 0 Å². The van der Waals surface area contributed by atoms with E-state index in [1.54, 1.807) is 13.1 Å². The first kappa shape index (κ1) is 13.3. The van der Waals surface area contributed by atoms with E-state index in [1.165, 1.54) is 17.0 Å². The average Bonchev–Trinajstić information content (AvgIpc) is 2.27. The predicted octanol–water partition coefficient (Wildman–Crippen LogP) is 2.96. The Morgan fingerprint density at radius 1 is 1.35 bits per heavy atom. The summed E-state index contributed by atoms with van der Waals surface area (Å²) in [6.07, 6.45) is -2.84. The zero-order valence-corrected chi connectivity index (χ0v) is 9.29.